The van der Waals surface area contributed by atoms with Gasteiger partial charge in [-0.15, -0.1) is 0 Å². The first-order chi connectivity index (χ1) is 9.46. The molecule has 102 valence electrons. The van der Waals surface area contributed by atoms with E-state index in [0.29, 0.717) is 5.69 Å². The van der Waals surface area contributed by atoms with Crippen LogP contribution in [-0.2, 0) is 14.3 Å². The third-order valence-electron chi connectivity index (χ3n) is 4.74. The number of carbonyl (C=O) groups is 2. The van der Waals surface area contributed by atoms with Gasteiger partial charge in [-0.25, -0.2) is 4.90 Å². The zero-order chi connectivity index (χ0) is 14.1. The summed E-state index contributed by atoms with van der Waals surface area (Å²) >= 11 is 0. The summed E-state index contributed by atoms with van der Waals surface area (Å²) in [6.45, 7) is 3.78. The van der Waals surface area contributed by atoms with E-state index in [1.54, 1.807) is 12.1 Å². The van der Waals surface area contributed by atoms with E-state index in [0.717, 1.165) is 0 Å². The highest BCUT2D eigenvalue weighted by Crippen LogP contribution is 2.57. The second kappa shape index (κ2) is 3.38. The zero-order valence-corrected chi connectivity index (χ0v) is 11.4. The lowest BCUT2D eigenvalue weighted by molar-refractivity contribution is -0.128. The Morgan fingerprint density at radius 3 is 1.95 bits per heavy atom. The molecule has 0 aromatic heterocycles. The number of benzene rings is 1. The van der Waals surface area contributed by atoms with Crippen LogP contribution in [0.4, 0.5) is 5.69 Å². The standard InChI is InChI=1S/C16H15NO3/c1-15-8-9-16(2,20-15)12-11(15)13(18)17(14(12)19)10-6-4-3-5-7-10/h3-9,11-12H,1-2H3/t11-,12-,15+,16+/m1/s1. The average Bonchev–Trinajstić information content (AvgIpc) is 2.96. The van der Waals surface area contributed by atoms with Gasteiger partial charge in [-0.1, -0.05) is 30.4 Å². The maximum atomic E-state index is 12.7. The SMILES string of the molecule is C[C@@]12C=C[C@](C)(O1)[C@H]1C(=O)N(c3ccccc3)C(=O)[C@@H]12. The molecule has 0 N–H and O–H groups in total. The minimum atomic E-state index is -0.657. The van der Waals surface area contributed by atoms with Crippen molar-refractivity contribution in [3.8, 4) is 0 Å². The largest absolute Gasteiger partial charge is 0.359 e. The molecule has 1 aromatic rings. The van der Waals surface area contributed by atoms with Gasteiger partial charge in [-0.05, 0) is 26.0 Å². The van der Waals surface area contributed by atoms with Crippen LogP contribution in [0.1, 0.15) is 13.8 Å². The molecule has 3 aliphatic heterocycles. The Balaban J connectivity index is 1.83. The van der Waals surface area contributed by atoms with Crippen molar-refractivity contribution < 1.29 is 14.3 Å². The van der Waals surface area contributed by atoms with Gasteiger partial charge < -0.3 is 4.74 Å². The van der Waals surface area contributed by atoms with Crippen molar-refractivity contribution in [3.63, 3.8) is 0 Å². The number of amides is 2. The van der Waals surface area contributed by atoms with Gasteiger partial charge in [0, 0.05) is 0 Å². The van der Waals surface area contributed by atoms with Crippen LogP contribution in [0.3, 0.4) is 0 Å². The molecule has 2 bridgehead atoms. The summed E-state index contributed by atoms with van der Waals surface area (Å²) in [6.07, 6.45) is 3.85. The van der Waals surface area contributed by atoms with Gasteiger partial charge in [0.05, 0.1) is 28.7 Å². The number of para-hydroxylation sites is 1. The molecule has 0 saturated carbocycles. The van der Waals surface area contributed by atoms with Gasteiger partial charge in [0.1, 0.15) is 0 Å². The average molecular weight is 269 g/mol. The number of anilines is 1. The summed E-state index contributed by atoms with van der Waals surface area (Å²) in [5, 5.41) is 0. The van der Waals surface area contributed by atoms with E-state index in [1.165, 1.54) is 4.90 Å². The number of hydrogen-bond acceptors (Lipinski definition) is 3. The van der Waals surface area contributed by atoms with E-state index >= 15 is 0 Å². The summed E-state index contributed by atoms with van der Waals surface area (Å²) in [4.78, 5) is 26.8. The Labute approximate surface area is 117 Å². The predicted octanol–water partition coefficient (Wildman–Crippen LogP) is 1.91. The molecular weight excluding hydrogens is 254 g/mol. The minimum Gasteiger partial charge on any atom is -0.359 e. The lowest BCUT2D eigenvalue weighted by Crippen LogP contribution is -2.39. The molecular formula is C16H15NO3. The molecule has 3 heterocycles. The third kappa shape index (κ3) is 1.20. The van der Waals surface area contributed by atoms with Crippen molar-refractivity contribution in [2.45, 2.75) is 25.0 Å². The Morgan fingerprint density at radius 1 is 0.950 bits per heavy atom. The summed E-state index contributed by atoms with van der Waals surface area (Å²) in [5.41, 5.74) is -0.672. The van der Waals surface area contributed by atoms with Gasteiger partial charge in [0.15, 0.2) is 0 Å². The molecule has 0 spiro atoms. The highest BCUT2D eigenvalue weighted by atomic mass is 16.5. The molecule has 2 fully saturated rings. The topological polar surface area (TPSA) is 46.6 Å². The Hall–Kier alpha value is -1.94. The molecule has 0 aliphatic carbocycles. The molecule has 4 rings (SSSR count). The highest BCUT2D eigenvalue weighted by Gasteiger charge is 2.70. The van der Waals surface area contributed by atoms with Gasteiger partial charge in [-0.3, -0.25) is 9.59 Å². The van der Waals surface area contributed by atoms with Crippen LogP contribution in [-0.4, -0.2) is 23.0 Å². The minimum absolute atomic E-state index is 0.151. The Kier molecular flexibility index (Phi) is 2.01. The molecule has 0 radical (unpaired) electrons. The molecule has 4 nitrogen and oxygen atoms in total. The Morgan fingerprint density at radius 2 is 1.45 bits per heavy atom. The number of hydrogen-bond donors (Lipinski definition) is 0. The second-order valence-electron chi connectivity index (χ2n) is 6.11. The number of rotatable bonds is 1. The van der Waals surface area contributed by atoms with Gasteiger partial charge in [-0.2, -0.15) is 0 Å². The molecule has 0 unspecified atom stereocenters. The number of imide groups is 1. The molecule has 20 heavy (non-hydrogen) atoms. The molecule has 4 heteroatoms. The van der Waals surface area contributed by atoms with Crippen molar-refractivity contribution in [1.82, 2.24) is 0 Å². The number of ether oxygens (including phenoxy) is 1. The fourth-order valence-electron chi connectivity index (χ4n) is 3.86. The molecule has 3 aliphatic rings. The normalized spacial score (nSPS) is 41.6. The Bertz CT molecular complexity index is 617. The van der Waals surface area contributed by atoms with Gasteiger partial charge >= 0.3 is 0 Å². The molecule has 1 aromatic carbocycles. The first-order valence-corrected chi connectivity index (χ1v) is 6.80. The molecule has 2 saturated heterocycles. The molecule has 2 amide bonds. The lowest BCUT2D eigenvalue weighted by atomic mass is 9.73. The molecule has 4 atom stereocenters. The summed E-state index contributed by atoms with van der Waals surface area (Å²) in [7, 11) is 0. The van der Waals surface area contributed by atoms with E-state index in [4.69, 9.17) is 4.74 Å². The van der Waals surface area contributed by atoms with Gasteiger partial charge in [0.25, 0.3) is 0 Å². The van der Waals surface area contributed by atoms with Crippen LogP contribution in [0.2, 0.25) is 0 Å². The summed E-state index contributed by atoms with van der Waals surface area (Å²) in [6, 6.07) is 9.11. The smallest absolute Gasteiger partial charge is 0.241 e. The monoisotopic (exact) mass is 269 g/mol. The number of carbonyl (C=O) groups excluding carboxylic acids is 2. The van der Waals surface area contributed by atoms with Crippen molar-refractivity contribution in [1.29, 1.82) is 0 Å². The van der Waals surface area contributed by atoms with Crippen molar-refractivity contribution in [2.75, 3.05) is 4.90 Å². The van der Waals surface area contributed by atoms with Crippen LogP contribution in [0, 0.1) is 11.8 Å². The van der Waals surface area contributed by atoms with E-state index in [1.807, 2.05) is 44.2 Å². The fourth-order valence-corrected chi connectivity index (χ4v) is 3.86. The van der Waals surface area contributed by atoms with Gasteiger partial charge in [0.2, 0.25) is 11.8 Å². The van der Waals surface area contributed by atoms with Crippen molar-refractivity contribution in [2.24, 2.45) is 11.8 Å². The van der Waals surface area contributed by atoms with Crippen LogP contribution < -0.4 is 4.90 Å². The van der Waals surface area contributed by atoms with Crippen LogP contribution in [0.15, 0.2) is 42.5 Å². The summed E-state index contributed by atoms with van der Waals surface area (Å²) < 4.78 is 5.96. The van der Waals surface area contributed by atoms with Crippen LogP contribution in [0.25, 0.3) is 0 Å². The number of nitrogens with zero attached hydrogens (tertiary/aromatic N) is 1. The maximum Gasteiger partial charge on any atom is 0.241 e. The van der Waals surface area contributed by atoms with E-state index in [9.17, 15) is 9.59 Å². The number of fused-ring (bicyclic) bond motifs is 5. The summed E-state index contributed by atoms with van der Waals surface area (Å²) in [5.74, 6) is -1.13. The zero-order valence-electron chi connectivity index (χ0n) is 11.4. The van der Waals surface area contributed by atoms with E-state index in [2.05, 4.69) is 0 Å². The fraction of sp³-hybridized carbons (Fsp3) is 0.375. The maximum absolute atomic E-state index is 12.7. The van der Waals surface area contributed by atoms with Crippen molar-refractivity contribution in [3.05, 3.63) is 42.5 Å². The van der Waals surface area contributed by atoms with E-state index < -0.39 is 23.0 Å². The van der Waals surface area contributed by atoms with Crippen LogP contribution in [0.5, 0.6) is 0 Å². The first kappa shape index (κ1) is 11.9. The van der Waals surface area contributed by atoms with Crippen LogP contribution >= 0.6 is 0 Å². The van der Waals surface area contributed by atoms with Crippen molar-refractivity contribution >= 4 is 17.5 Å². The first-order valence-electron chi connectivity index (χ1n) is 6.80. The predicted molar refractivity (Wildman–Crippen MR) is 73.0 cm³/mol. The van der Waals surface area contributed by atoms with E-state index in [-0.39, 0.29) is 11.8 Å². The quantitative estimate of drug-likeness (QED) is 0.578. The highest BCUT2D eigenvalue weighted by molar-refractivity contribution is 6.23. The third-order valence-corrected chi connectivity index (χ3v) is 4.74. The second-order valence-corrected chi connectivity index (χ2v) is 6.11. The lowest BCUT2D eigenvalue weighted by Gasteiger charge is -2.25.